The van der Waals surface area contributed by atoms with Gasteiger partial charge < -0.3 is 14.8 Å². The van der Waals surface area contributed by atoms with Crippen molar-refractivity contribution < 1.29 is 27.5 Å². The number of esters is 1. The Kier molecular flexibility index (Phi) is 7.35. The van der Waals surface area contributed by atoms with E-state index in [4.69, 9.17) is 9.47 Å². The molecule has 0 aliphatic carbocycles. The van der Waals surface area contributed by atoms with Gasteiger partial charge in [-0.1, -0.05) is 6.07 Å². The van der Waals surface area contributed by atoms with Crippen molar-refractivity contribution in [1.29, 1.82) is 0 Å². The van der Waals surface area contributed by atoms with E-state index in [2.05, 4.69) is 10.0 Å². The molecule has 29 heavy (non-hydrogen) atoms. The lowest BCUT2D eigenvalue weighted by molar-refractivity contribution is -0.131. The van der Waals surface area contributed by atoms with E-state index in [1.54, 1.807) is 30.3 Å². The second-order valence-corrected chi connectivity index (χ2v) is 8.10. The Morgan fingerprint density at radius 1 is 1.03 bits per heavy atom. The zero-order valence-corrected chi connectivity index (χ0v) is 17.6. The van der Waals surface area contributed by atoms with Crippen LogP contribution in [-0.2, 0) is 14.8 Å². The molecule has 9 heteroatoms. The molecule has 0 aliphatic rings. The van der Waals surface area contributed by atoms with Gasteiger partial charge in [-0.3, -0.25) is 9.59 Å². The maximum Gasteiger partial charge on any atom is 0.308 e. The van der Waals surface area contributed by atoms with Gasteiger partial charge in [0, 0.05) is 25.6 Å². The molecule has 0 spiro atoms. The number of benzene rings is 2. The molecule has 0 unspecified atom stereocenters. The van der Waals surface area contributed by atoms with Crippen LogP contribution in [0.3, 0.4) is 0 Å². The lowest BCUT2D eigenvalue weighted by Crippen LogP contribution is -2.34. The quantitative estimate of drug-likeness (QED) is 0.384. The first kappa shape index (κ1) is 22.4. The molecule has 0 aliphatic heterocycles. The molecule has 0 saturated heterocycles. The number of hydrogen-bond acceptors (Lipinski definition) is 6. The second-order valence-electron chi connectivity index (χ2n) is 6.36. The summed E-state index contributed by atoms with van der Waals surface area (Å²) in [7, 11) is -2.40. The maximum atomic E-state index is 12.6. The number of methoxy groups -OCH3 is 1. The SMILES string of the molecule is COc1cc(C)c(C)cc1S(=O)(=O)NCCNC(=O)c1cccc(OC(C)=O)c1. The number of aryl methyl sites for hydroxylation is 2. The fourth-order valence-corrected chi connectivity index (χ4v) is 3.81. The van der Waals surface area contributed by atoms with Gasteiger partial charge in [0.05, 0.1) is 7.11 Å². The van der Waals surface area contributed by atoms with E-state index < -0.39 is 21.9 Å². The molecule has 8 nitrogen and oxygen atoms in total. The van der Waals surface area contributed by atoms with Gasteiger partial charge in [-0.15, -0.1) is 0 Å². The van der Waals surface area contributed by atoms with Crippen molar-refractivity contribution in [3.05, 3.63) is 53.1 Å². The summed E-state index contributed by atoms with van der Waals surface area (Å²) in [6, 6.07) is 9.36. The predicted molar refractivity (Wildman–Crippen MR) is 108 cm³/mol. The van der Waals surface area contributed by atoms with Crippen LogP contribution >= 0.6 is 0 Å². The van der Waals surface area contributed by atoms with Crippen LogP contribution in [0.4, 0.5) is 0 Å². The van der Waals surface area contributed by atoms with Crippen molar-refractivity contribution in [1.82, 2.24) is 10.0 Å². The Morgan fingerprint density at radius 3 is 2.38 bits per heavy atom. The molecule has 0 saturated carbocycles. The van der Waals surface area contributed by atoms with Crippen molar-refractivity contribution in [3.8, 4) is 11.5 Å². The first-order valence-corrected chi connectivity index (χ1v) is 10.3. The monoisotopic (exact) mass is 420 g/mol. The first-order valence-electron chi connectivity index (χ1n) is 8.85. The van der Waals surface area contributed by atoms with Crippen LogP contribution in [0, 0.1) is 13.8 Å². The number of hydrogen-bond donors (Lipinski definition) is 2. The molecule has 0 radical (unpaired) electrons. The molecule has 2 aromatic carbocycles. The smallest absolute Gasteiger partial charge is 0.308 e. The zero-order valence-electron chi connectivity index (χ0n) is 16.7. The minimum absolute atomic E-state index is 0.00616. The number of nitrogens with one attached hydrogen (secondary N) is 2. The van der Waals surface area contributed by atoms with Crippen LogP contribution in [-0.4, -0.2) is 40.5 Å². The highest BCUT2D eigenvalue weighted by Gasteiger charge is 2.20. The summed E-state index contributed by atoms with van der Waals surface area (Å²) in [6.07, 6.45) is 0. The fourth-order valence-electron chi connectivity index (χ4n) is 2.54. The van der Waals surface area contributed by atoms with Crippen molar-refractivity contribution in [2.75, 3.05) is 20.2 Å². The summed E-state index contributed by atoms with van der Waals surface area (Å²) in [4.78, 5) is 23.3. The Balaban J connectivity index is 1.97. The minimum Gasteiger partial charge on any atom is -0.495 e. The van der Waals surface area contributed by atoms with E-state index >= 15 is 0 Å². The van der Waals surface area contributed by atoms with Crippen LogP contribution in [0.5, 0.6) is 11.5 Å². The van der Waals surface area contributed by atoms with Crippen molar-refractivity contribution in [2.45, 2.75) is 25.7 Å². The van der Waals surface area contributed by atoms with Gasteiger partial charge in [0.2, 0.25) is 10.0 Å². The first-order chi connectivity index (χ1) is 13.6. The van der Waals surface area contributed by atoms with Gasteiger partial charge in [0.15, 0.2) is 0 Å². The van der Waals surface area contributed by atoms with Crippen molar-refractivity contribution >= 4 is 21.9 Å². The van der Waals surface area contributed by atoms with Crippen LogP contribution in [0.1, 0.15) is 28.4 Å². The van der Waals surface area contributed by atoms with Crippen LogP contribution in [0.15, 0.2) is 41.3 Å². The highest BCUT2D eigenvalue weighted by atomic mass is 32.2. The summed E-state index contributed by atoms with van der Waals surface area (Å²) in [5.74, 6) is -0.389. The van der Waals surface area contributed by atoms with Gasteiger partial charge in [0.25, 0.3) is 5.91 Å². The minimum atomic E-state index is -3.81. The number of carbonyl (C=O) groups is 2. The topological polar surface area (TPSA) is 111 Å². The second kappa shape index (κ2) is 9.53. The van der Waals surface area contributed by atoms with E-state index in [9.17, 15) is 18.0 Å². The summed E-state index contributed by atoms with van der Waals surface area (Å²) in [5, 5.41) is 2.62. The normalized spacial score (nSPS) is 11.0. The third-order valence-electron chi connectivity index (χ3n) is 4.13. The van der Waals surface area contributed by atoms with Crippen molar-refractivity contribution in [2.24, 2.45) is 0 Å². The van der Waals surface area contributed by atoms with Gasteiger partial charge in [-0.05, 0) is 55.3 Å². The molecule has 0 fully saturated rings. The summed E-state index contributed by atoms with van der Waals surface area (Å²) in [6.45, 7) is 5.02. The largest absolute Gasteiger partial charge is 0.495 e. The molecule has 0 heterocycles. The van der Waals surface area contributed by atoms with Crippen molar-refractivity contribution in [3.63, 3.8) is 0 Å². The molecule has 156 valence electrons. The molecule has 1 amide bonds. The third-order valence-corrected chi connectivity index (χ3v) is 5.61. The van der Waals surface area contributed by atoms with E-state index in [1.165, 1.54) is 20.1 Å². The van der Waals surface area contributed by atoms with Crippen LogP contribution in [0.25, 0.3) is 0 Å². The zero-order chi connectivity index (χ0) is 21.6. The summed E-state index contributed by atoms with van der Waals surface area (Å²) >= 11 is 0. The molecule has 0 aromatic heterocycles. The van der Waals surface area contributed by atoms with Crippen LogP contribution in [0.2, 0.25) is 0 Å². The number of ether oxygens (including phenoxy) is 2. The van der Waals surface area contributed by atoms with Gasteiger partial charge in [-0.2, -0.15) is 0 Å². The summed E-state index contributed by atoms with van der Waals surface area (Å²) < 4.78 is 37.7. The molecule has 2 N–H and O–H groups in total. The standard InChI is InChI=1S/C20H24N2O6S/c1-13-10-18(27-4)19(11-14(13)2)29(25,26)22-9-8-21-20(24)16-6-5-7-17(12-16)28-15(3)23/h5-7,10-12,22H,8-9H2,1-4H3,(H,21,24). The Labute approximate surface area is 170 Å². The average Bonchev–Trinajstić information content (AvgIpc) is 2.66. The number of carbonyl (C=O) groups excluding carboxylic acids is 2. The lowest BCUT2D eigenvalue weighted by Gasteiger charge is -2.13. The molecule has 2 aromatic rings. The maximum absolute atomic E-state index is 12.6. The van der Waals surface area contributed by atoms with E-state index in [1.807, 2.05) is 13.8 Å². The number of amides is 1. The lowest BCUT2D eigenvalue weighted by atomic mass is 10.1. The Morgan fingerprint density at radius 2 is 1.72 bits per heavy atom. The van der Waals surface area contributed by atoms with E-state index in [-0.39, 0.29) is 29.5 Å². The highest BCUT2D eigenvalue weighted by molar-refractivity contribution is 7.89. The van der Waals surface area contributed by atoms with Gasteiger partial charge in [0.1, 0.15) is 16.4 Å². The van der Waals surface area contributed by atoms with Crippen LogP contribution < -0.4 is 19.5 Å². The molecule has 0 bridgehead atoms. The molecular weight excluding hydrogens is 396 g/mol. The fraction of sp³-hybridized carbons (Fsp3) is 0.300. The van der Waals surface area contributed by atoms with Gasteiger partial charge in [-0.25, -0.2) is 13.1 Å². The van der Waals surface area contributed by atoms with E-state index in [0.717, 1.165) is 11.1 Å². The predicted octanol–water partition coefficient (Wildman–Crippen LogP) is 1.95. The molecule has 0 atom stereocenters. The van der Waals surface area contributed by atoms with Gasteiger partial charge >= 0.3 is 5.97 Å². The highest BCUT2D eigenvalue weighted by Crippen LogP contribution is 2.27. The summed E-state index contributed by atoms with van der Waals surface area (Å²) in [5.41, 5.74) is 2.04. The Hall–Kier alpha value is -2.91. The number of sulfonamides is 1. The molecular formula is C20H24N2O6S. The number of rotatable bonds is 8. The Bertz CT molecular complexity index is 1020. The molecule has 2 rings (SSSR count). The van der Waals surface area contributed by atoms with E-state index in [0.29, 0.717) is 5.56 Å². The average molecular weight is 420 g/mol. The third kappa shape index (κ3) is 6.03.